The highest BCUT2D eigenvalue weighted by molar-refractivity contribution is 5.56. The summed E-state index contributed by atoms with van der Waals surface area (Å²) < 4.78 is 0. The molecule has 2 rings (SSSR count). The van der Waals surface area contributed by atoms with Crippen molar-refractivity contribution in [3.05, 3.63) is 47.8 Å². The lowest BCUT2D eigenvalue weighted by Gasteiger charge is -2.17. The minimum atomic E-state index is 0.621. The van der Waals surface area contributed by atoms with Crippen LogP contribution in [0.4, 0.5) is 11.6 Å². The molecule has 0 atom stereocenters. The average Bonchev–Trinajstić information content (AvgIpc) is 2.39. The molecule has 1 aromatic carbocycles. The molecule has 0 unspecified atom stereocenters. The lowest BCUT2D eigenvalue weighted by Crippen LogP contribution is -2.13. The molecule has 0 fully saturated rings. The fourth-order valence-electron chi connectivity index (χ4n) is 1.77. The van der Waals surface area contributed by atoms with Crippen LogP contribution in [0.25, 0.3) is 0 Å². The smallest absolute Gasteiger partial charge is 0.229 e. The number of rotatable bonds is 4. The monoisotopic (exact) mass is 242 g/mol. The van der Waals surface area contributed by atoms with Gasteiger partial charge in [0.1, 0.15) is 0 Å². The Bertz CT molecular complexity index is 507. The lowest BCUT2D eigenvalue weighted by atomic mass is 10.2. The van der Waals surface area contributed by atoms with Gasteiger partial charge in [-0.1, -0.05) is 12.1 Å². The van der Waals surface area contributed by atoms with Crippen molar-refractivity contribution in [3.63, 3.8) is 0 Å². The topological polar surface area (TPSA) is 55.0 Å². The summed E-state index contributed by atoms with van der Waals surface area (Å²) in [5.74, 6) is 0.696. The van der Waals surface area contributed by atoms with Crippen LogP contribution < -0.4 is 10.6 Å². The van der Waals surface area contributed by atoms with E-state index in [9.17, 15) is 0 Å². The molecule has 1 heterocycles. The summed E-state index contributed by atoms with van der Waals surface area (Å²) in [6, 6.07) is 8.26. The van der Waals surface area contributed by atoms with Gasteiger partial charge in [0.2, 0.25) is 5.95 Å². The Balaban J connectivity index is 2.20. The van der Waals surface area contributed by atoms with E-state index in [-0.39, 0.29) is 0 Å². The third kappa shape index (κ3) is 2.84. The molecule has 18 heavy (non-hydrogen) atoms. The lowest BCUT2D eigenvalue weighted by molar-refractivity contribution is 0.931. The Morgan fingerprint density at radius 2 is 1.94 bits per heavy atom. The minimum absolute atomic E-state index is 0.621. The number of aryl methyl sites for hydroxylation is 1. The zero-order valence-corrected chi connectivity index (χ0v) is 10.8. The van der Waals surface area contributed by atoms with Crippen LogP contribution >= 0.6 is 0 Å². The molecule has 1 aromatic heterocycles. The molecule has 4 nitrogen and oxygen atoms in total. The standard InChI is InChI=1S/C14H18N4/c1-11-4-3-5-13(8-11)18(2)14-16-9-12(6-7-15)10-17-14/h3-5,8-10H,6-7,15H2,1-2H3. The number of benzene rings is 1. The highest BCUT2D eigenvalue weighted by atomic mass is 15.2. The van der Waals surface area contributed by atoms with E-state index >= 15 is 0 Å². The molecule has 0 saturated heterocycles. The number of hydrogen-bond acceptors (Lipinski definition) is 4. The van der Waals surface area contributed by atoms with Crippen LogP contribution in [0.15, 0.2) is 36.7 Å². The molecule has 0 aliphatic rings. The molecule has 0 aliphatic heterocycles. The first-order chi connectivity index (χ1) is 8.70. The second-order valence-corrected chi connectivity index (χ2v) is 4.33. The number of aromatic nitrogens is 2. The summed E-state index contributed by atoms with van der Waals surface area (Å²) in [6.07, 6.45) is 4.48. The van der Waals surface area contributed by atoms with Gasteiger partial charge in [-0.2, -0.15) is 0 Å². The summed E-state index contributed by atoms with van der Waals surface area (Å²) in [4.78, 5) is 10.7. The van der Waals surface area contributed by atoms with E-state index in [0.717, 1.165) is 17.7 Å². The normalized spacial score (nSPS) is 10.4. The Kier molecular flexibility index (Phi) is 3.89. The van der Waals surface area contributed by atoms with Gasteiger partial charge in [0, 0.05) is 25.1 Å². The summed E-state index contributed by atoms with van der Waals surface area (Å²) in [6.45, 7) is 2.69. The minimum Gasteiger partial charge on any atom is -0.330 e. The SMILES string of the molecule is Cc1cccc(N(C)c2ncc(CCN)cn2)c1. The fourth-order valence-corrected chi connectivity index (χ4v) is 1.77. The van der Waals surface area contributed by atoms with Gasteiger partial charge in [-0.3, -0.25) is 0 Å². The molecule has 2 aromatic rings. The van der Waals surface area contributed by atoms with Crippen molar-refractivity contribution in [3.8, 4) is 0 Å². The second-order valence-electron chi connectivity index (χ2n) is 4.33. The number of nitrogens with two attached hydrogens (primary N) is 1. The molecule has 0 saturated carbocycles. The zero-order valence-electron chi connectivity index (χ0n) is 10.8. The molecule has 0 aliphatic carbocycles. The number of anilines is 2. The quantitative estimate of drug-likeness (QED) is 0.891. The third-order valence-electron chi connectivity index (χ3n) is 2.81. The predicted octanol–water partition coefficient (Wildman–Crippen LogP) is 2.05. The van der Waals surface area contributed by atoms with E-state index in [2.05, 4.69) is 29.0 Å². The van der Waals surface area contributed by atoms with Gasteiger partial charge in [-0.25, -0.2) is 9.97 Å². The van der Waals surface area contributed by atoms with Gasteiger partial charge in [-0.15, -0.1) is 0 Å². The summed E-state index contributed by atoms with van der Waals surface area (Å²) in [7, 11) is 1.96. The van der Waals surface area contributed by atoms with Crippen LogP contribution in [0.3, 0.4) is 0 Å². The van der Waals surface area contributed by atoms with Crippen LogP contribution in [-0.2, 0) is 6.42 Å². The molecule has 0 spiro atoms. The van der Waals surface area contributed by atoms with Crippen molar-refractivity contribution in [2.45, 2.75) is 13.3 Å². The first kappa shape index (κ1) is 12.5. The molecule has 4 heteroatoms. The first-order valence-electron chi connectivity index (χ1n) is 6.02. The maximum Gasteiger partial charge on any atom is 0.229 e. The highest BCUT2D eigenvalue weighted by Crippen LogP contribution is 2.20. The molecule has 0 bridgehead atoms. The zero-order chi connectivity index (χ0) is 13.0. The van der Waals surface area contributed by atoms with Crippen molar-refractivity contribution >= 4 is 11.6 Å². The van der Waals surface area contributed by atoms with E-state index in [1.165, 1.54) is 5.56 Å². The van der Waals surface area contributed by atoms with Gasteiger partial charge in [0.05, 0.1) is 0 Å². The van der Waals surface area contributed by atoms with Crippen molar-refractivity contribution in [1.29, 1.82) is 0 Å². The Morgan fingerprint density at radius 3 is 2.56 bits per heavy atom. The number of hydrogen-bond donors (Lipinski definition) is 1. The van der Waals surface area contributed by atoms with Gasteiger partial charge < -0.3 is 10.6 Å². The maximum atomic E-state index is 5.50. The second kappa shape index (κ2) is 5.60. The van der Waals surface area contributed by atoms with Crippen LogP contribution in [0.1, 0.15) is 11.1 Å². The molecule has 94 valence electrons. The summed E-state index contributed by atoms with van der Waals surface area (Å²) in [5.41, 5.74) is 8.87. The molecular weight excluding hydrogens is 224 g/mol. The Hall–Kier alpha value is -1.94. The van der Waals surface area contributed by atoms with Crippen molar-refractivity contribution in [1.82, 2.24) is 9.97 Å². The van der Waals surface area contributed by atoms with Crippen LogP contribution in [0.5, 0.6) is 0 Å². The molecule has 0 amide bonds. The van der Waals surface area contributed by atoms with Gasteiger partial charge in [0.15, 0.2) is 0 Å². The van der Waals surface area contributed by atoms with E-state index in [0.29, 0.717) is 12.5 Å². The van der Waals surface area contributed by atoms with Gasteiger partial charge in [-0.05, 0) is 43.1 Å². The van der Waals surface area contributed by atoms with E-state index in [1.54, 1.807) is 0 Å². The van der Waals surface area contributed by atoms with Crippen LogP contribution in [0.2, 0.25) is 0 Å². The average molecular weight is 242 g/mol. The summed E-state index contributed by atoms with van der Waals surface area (Å²) >= 11 is 0. The van der Waals surface area contributed by atoms with Crippen LogP contribution in [-0.4, -0.2) is 23.6 Å². The molecular formula is C14H18N4. The highest BCUT2D eigenvalue weighted by Gasteiger charge is 2.06. The Labute approximate surface area is 107 Å². The number of nitrogens with zero attached hydrogens (tertiary/aromatic N) is 3. The largest absolute Gasteiger partial charge is 0.330 e. The van der Waals surface area contributed by atoms with E-state index in [4.69, 9.17) is 5.73 Å². The van der Waals surface area contributed by atoms with Gasteiger partial charge >= 0.3 is 0 Å². The van der Waals surface area contributed by atoms with Gasteiger partial charge in [0.25, 0.3) is 0 Å². The van der Waals surface area contributed by atoms with Crippen molar-refractivity contribution in [2.24, 2.45) is 5.73 Å². The van der Waals surface area contributed by atoms with Crippen molar-refractivity contribution < 1.29 is 0 Å². The fraction of sp³-hybridized carbons (Fsp3) is 0.286. The van der Waals surface area contributed by atoms with E-state index in [1.807, 2.05) is 36.5 Å². The first-order valence-corrected chi connectivity index (χ1v) is 6.02. The summed E-state index contributed by atoms with van der Waals surface area (Å²) in [5, 5.41) is 0. The van der Waals surface area contributed by atoms with Crippen molar-refractivity contribution in [2.75, 3.05) is 18.5 Å². The Morgan fingerprint density at radius 1 is 1.22 bits per heavy atom. The van der Waals surface area contributed by atoms with E-state index < -0.39 is 0 Å². The maximum absolute atomic E-state index is 5.50. The van der Waals surface area contributed by atoms with Crippen LogP contribution in [0, 0.1) is 6.92 Å². The third-order valence-corrected chi connectivity index (χ3v) is 2.81. The molecule has 0 radical (unpaired) electrons. The predicted molar refractivity (Wildman–Crippen MR) is 74.0 cm³/mol. The molecule has 2 N–H and O–H groups in total.